The number of fused-ring (bicyclic) bond motifs is 3. The number of allylic oxidation sites excluding steroid dienone is 1. The molecule has 1 aliphatic heterocycles. The van der Waals surface area contributed by atoms with Crippen molar-refractivity contribution in [1.82, 2.24) is 10.3 Å². The van der Waals surface area contributed by atoms with Crippen LogP contribution in [-0.4, -0.2) is 30.1 Å². The predicted octanol–water partition coefficient (Wildman–Crippen LogP) is 4.61. The number of H-pyrrole nitrogens is 1. The lowest BCUT2D eigenvalue weighted by molar-refractivity contribution is -0.146. The van der Waals surface area contributed by atoms with Crippen LogP contribution < -0.4 is 5.32 Å². The number of esters is 1. The van der Waals surface area contributed by atoms with Crippen LogP contribution in [0.2, 0.25) is 0 Å². The zero-order valence-electron chi connectivity index (χ0n) is 17.4. The molecular weight excluding hydrogens is 360 g/mol. The van der Waals surface area contributed by atoms with E-state index >= 15 is 0 Å². The van der Waals surface area contributed by atoms with Crippen molar-refractivity contribution < 1.29 is 9.53 Å². The topological polar surface area (TPSA) is 54.1 Å². The molecule has 154 valence electrons. The van der Waals surface area contributed by atoms with Crippen LogP contribution in [0.1, 0.15) is 44.6 Å². The Hall–Kier alpha value is -2.07. The van der Waals surface area contributed by atoms with Crippen LogP contribution in [0.25, 0.3) is 10.9 Å². The summed E-state index contributed by atoms with van der Waals surface area (Å²) in [4.78, 5) is 16.0. The fourth-order valence-electron chi connectivity index (χ4n) is 6.31. The highest BCUT2D eigenvalue weighted by molar-refractivity contribution is 5.83. The molecule has 3 fully saturated rings. The average Bonchev–Trinajstić information content (AvgIpc) is 3.24. The Balaban J connectivity index is 1.20. The zero-order chi connectivity index (χ0) is 20.0. The first-order chi connectivity index (χ1) is 14.0. The summed E-state index contributed by atoms with van der Waals surface area (Å²) in [5, 5.41) is 4.84. The molecule has 4 nitrogen and oxygen atoms in total. The summed E-state index contributed by atoms with van der Waals surface area (Å²) in [5.74, 6) is 0.895. The second-order valence-electron chi connectivity index (χ2n) is 9.72. The SMILES string of the molecule is C=C1CCC[C@]2(C)C[C@H]3OC(=O)[C@@H](CNCCc4c[nH]c5ccccc45)[C@H]3C[C@H]12. The molecule has 4 heteroatoms. The molecule has 1 aromatic heterocycles. The van der Waals surface area contributed by atoms with E-state index in [1.54, 1.807) is 0 Å². The molecule has 5 rings (SSSR count). The van der Waals surface area contributed by atoms with Gasteiger partial charge in [0.2, 0.25) is 0 Å². The highest BCUT2D eigenvalue weighted by Gasteiger charge is 2.54. The fourth-order valence-corrected chi connectivity index (χ4v) is 6.31. The Kier molecular flexibility index (Phi) is 4.78. The van der Waals surface area contributed by atoms with E-state index in [1.165, 1.54) is 34.9 Å². The number of hydrogen-bond donors (Lipinski definition) is 2. The van der Waals surface area contributed by atoms with E-state index in [9.17, 15) is 4.79 Å². The Bertz CT molecular complexity index is 932. The second kappa shape index (κ2) is 7.32. The van der Waals surface area contributed by atoms with Crippen LogP contribution in [0.5, 0.6) is 0 Å². The number of carbonyl (C=O) groups is 1. The molecule has 3 aliphatic rings. The van der Waals surface area contributed by atoms with E-state index in [-0.39, 0.29) is 23.4 Å². The molecule has 2 aromatic rings. The maximum Gasteiger partial charge on any atom is 0.310 e. The first kappa shape index (κ1) is 18.9. The van der Waals surface area contributed by atoms with Crippen LogP contribution >= 0.6 is 0 Å². The summed E-state index contributed by atoms with van der Waals surface area (Å²) < 4.78 is 5.87. The smallest absolute Gasteiger partial charge is 0.310 e. The van der Waals surface area contributed by atoms with Crippen LogP contribution in [0.4, 0.5) is 0 Å². The number of para-hydroxylation sites is 1. The standard InChI is InChI=1S/C25H32N2O2/c1-16-6-5-10-25(2)13-23-19(12-21(16)25)20(24(28)29-23)15-26-11-9-17-14-27-22-8-4-3-7-18(17)22/h3-4,7-8,14,19-21,23,26-27H,1,5-6,9-13,15H2,2H3/t19-,20+,21-,23-,25-/m1/s1. The summed E-state index contributed by atoms with van der Waals surface area (Å²) in [6.07, 6.45) is 8.87. The predicted molar refractivity (Wildman–Crippen MR) is 116 cm³/mol. The monoisotopic (exact) mass is 392 g/mol. The van der Waals surface area contributed by atoms with E-state index in [0.29, 0.717) is 11.8 Å². The maximum absolute atomic E-state index is 12.6. The van der Waals surface area contributed by atoms with Crippen LogP contribution in [0.3, 0.4) is 0 Å². The van der Waals surface area contributed by atoms with Gasteiger partial charge >= 0.3 is 5.97 Å². The van der Waals surface area contributed by atoms with Gasteiger partial charge in [0, 0.05) is 29.6 Å². The van der Waals surface area contributed by atoms with Crippen LogP contribution in [-0.2, 0) is 16.0 Å². The van der Waals surface area contributed by atoms with Crippen LogP contribution in [0.15, 0.2) is 42.6 Å². The van der Waals surface area contributed by atoms with Gasteiger partial charge in [-0.1, -0.05) is 37.3 Å². The molecule has 0 amide bonds. The average molecular weight is 393 g/mol. The summed E-state index contributed by atoms with van der Waals surface area (Å²) in [6, 6.07) is 8.41. The largest absolute Gasteiger partial charge is 0.462 e. The molecule has 5 atom stereocenters. The van der Waals surface area contributed by atoms with Crippen molar-refractivity contribution in [3.63, 3.8) is 0 Å². The number of aromatic nitrogens is 1. The number of rotatable bonds is 5. The van der Waals surface area contributed by atoms with Crippen molar-refractivity contribution in [2.75, 3.05) is 13.1 Å². The highest BCUT2D eigenvalue weighted by atomic mass is 16.6. The third kappa shape index (κ3) is 3.31. The molecule has 2 saturated carbocycles. The van der Waals surface area contributed by atoms with Gasteiger partial charge in [-0.25, -0.2) is 0 Å². The van der Waals surface area contributed by atoms with E-state index in [0.717, 1.165) is 38.8 Å². The van der Waals surface area contributed by atoms with Gasteiger partial charge in [0.25, 0.3) is 0 Å². The van der Waals surface area contributed by atoms with Crippen molar-refractivity contribution in [1.29, 1.82) is 0 Å². The lowest BCUT2D eigenvalue weighted by Crippen LogP contribution is -2.45. The molecule has 0 bridgehead atoms. The van der Waals surface area contributed by atoms with Gasteiger partial charge in [0.1, 0.15) is 6.10 Å². The van der Waals surface area contributed by atoms with Crippen molar-refractivity contribution >= 4 is 16.9 Å². The van der Waals surface area contributed by atoms with Crippen molar-refractivity contribution in [3.05, 3.63) is 48.2 Å². The molecule has 2 heterocycles. The zero-order valence-corrected chi connectivity index (χ0v) is 17.4. The lowest BCUT2D eigenvalue weighted by atomic mass is 9.55. The maximum atomic E-state index is 12.6. The third-order valence-corrected chi connectivity index (χ3v) is 7.93. The summed E-state index contributed by atoms with van der Waals surface area (Å²) >= 11 is 0. The summed E-state index contributed by atoms with van der Waals surface area (Å²) in [5.41, 5.74) is 4.19. The summed E-state index contributed by atoms with van der Waals surface area (Å²) in [7, 11) is 0. The second-order valence-corrected chi connectivity index (χ2v) is 9.72. The number of ether oxygens (including phenoxy) is 1. The molecule has 2 aliphatic carbocycles. The Morgan fingerprint density at radius 1 is 1.34 bits per heavy atom. The first-order valence-corrected chi connectivity index (χ1v) is 11.2. The van der Waals surface area contributed by atoms with Crippen LogP contribution in [0, 0.1) is 23.2 Å². The van der Waals surface area contributed by atoms with Gasteiger partial charge in [-0.05, 0) is 68.0 Å². The molecule has 1 aromatic carbocycles. The summed E-state index contributed by atoms with van der Waals surface area (Å²) in [6.45, 7) is 8.37. The molecular formula is C25H32N2O2. The molecule has 1 saturated heterocycles. The third-order valence-electron chi connectivity index (χ3n) is 7.93. The lowest BCUT2D eigenvalue weighted by Gasteiger charge is -2.50. The number of carbonyl (C=O) groups excluding carboxylic acids is 1. The number of nitrogens with one attached hydrogen (secondary N) is 2. The highest BCUT2D eigenvalue weighted by Crippen LogP contribution is 2.56. The molecule has 29 heavy (non-hydrogen) atoms. The van der Waals surface area contributed by atoms with Gasteiger partial charge in [-0.15, -0.1) is 0 Å². The quantitative estimate of drug-likeness (QED) is 0.444. The Labute approximate surface area is 173 Å². The molecule has 0 unspecified atom stereocenters. The number of aromatic amines is 1. The van der Waals surface area contributed by atoms with Gasteiger partial charge in [-0.2, -0.15) is 0 Å². The normalized spacial score (nSPS) is 34.1. The minimum absolute atomic E-state index is 0.00690. The van der Waals surface area contributed by atoms with Crippen molar-refractivity contribution in [2.45, 2.75) is 51.6 Å². The number of benzene rings is 1. The van der Waals surface area contributed by atoms with Gasteiger partial charge in [0.15, 0.2) is 0 Å². The minimum Gasteiger partial charge on any atom is -0.462 e. The molecule has 0 spiro atoms. The van der Waals surface area contributed by atoms with Gasteiger partial charge in [-0.3, -0.25) is 4.79 Å². The molecule has 0 radical (unpaired) electrons. The van der Waals surface area contributed by atoms with E-state index in [1.807, 2.05) is 0 Å². The molecule has 2 N–H and O–H groups in total. The number of hydrogen-bond acceptors (Lipinski definition) is 3. The Morgan fingerprint density at radius 2 is 2.21 bits per heavy atom. The van der Waals surface area contributed by atoms with E-state index < -0.39 is 0 Å². The minimum atomic E-state index is -0.0118. The van der Waals surface area contributed by atoms with Crippen molar-refractivity contribution in [2.24, 2.45) is 23.2 Å². The van der Waals surface area contributed by atoms with Gasteiger partial charge < -0.3 is 15.0 Å². The van der Waals surface area contributed by atoms with E-state index in [4.69, 9.17) is 4.74 Å². The van der Waals surface area contributed by atoms with Gasteiger partial charge in [0.05, 0.1) is 5.92 Å². The Morgan fingerprint density at radius 3 is 3.10 bits per heavy atom. The first-order valence-electron chi connectivity index (χ1n) is 11.2. The van der Waals surface area contributed by atoms with Crippen molar-refractivity contribution in [3.8, 4) is 0 Å². The van der Waals surface area contributed by atoms with E-state index in [2.05, 4.69) is 54.3 Å². The fraction of sp³-hybridized carbons (Fsp3) is 0.560.